The van der Waals surface area contributed by atoms with Crippen LogP contribution in [0.4, 0.5) is 0 Å². The molecular formula is C19H24N4O2S2. The second-order valence-corrected chi connectivity index (χ2v) is 9.49. The number of hydrogen-bond donors (Lipinski definition) is 0. The van der Waals surface area contributed by atoms with Crippen LogP contribution in [0.15, 0.2) is 14.5 Å². The molecule has 3 aromatic rings. The molecule has 3 aromatic heterocycles. The van der Waals surface area contributed by atoms with Gasteiger partial charge in [-0.3, -0.25) is 9.36 Å². The van der Waals surface area contributed by atoms with E-state index < -0.39 is 0 Å². The predicted octanol–water partition coefficient (Wildman–Crippen LogP) is 4.40. The van der Waals surface area contributed by atoms with Crippen molar-refractivity contribution in [3.63, 3.8) is 0 Å². The zero-order valence-electron chi connectivity index (χ0n) is 16.1. The maximum atomic E-state index is 13.2. The normalized spacial score (nSPS) is 17.0. The Bertz CT molecular complexity index is 1030. The largest absolute Gasteiger partial charge is 0.338 e. The topological polar surface area (TPSA) is 73.8 Å². The molecule has 27 heavy (non-hydrogen) atoms. The van der Waals surface area contributed by atoms with Crippen molar-refractivity contribution in [2.45, 2.75) is 70.3 Å². The highest BCUT2D eigenvalue weighted by Crippen LogP contribution is 2.36. The number of thiophene rings is 1. The molecule has 0 aromatic carbocycles. The minimum atomic E-state index is 0.0884. The first kappa shape index (κ1) is 18.7. The summed E-state index contributed by atoms with van der Waals surface area (Å²) < 4.78 is 7.10. The first-order valence-corrected chi connectivity index (χ1v) is 11.3. The average molecular weight is 405 g/mol. The van der Waals surface area contributed by atoms with E-state index in [0.29, 0.717) is 29.9 Å². The lowest BCUT2D eigenvalue weighted by Crippen LogP contribution is -2.23. The van der Waals surface area contributed by atoms with Crippen LogP contribution in [0.5, 0.6) is 0 Å². The van der Waals surface area contributed by atoms with Gasteiger partial charge in [0.25, 0.3) is 5.56 Å². The van der Waals surface area contributed by atoms with Crippen molar-refractivity contribution in [1.29, 1.82) is 0 Å². The van der Waals surface area contributed by atoms with Crippen molar-refractivity contribution >= 4 is 33.3 Å². The van der Waals surface area contributed by atoms with Crippen LogP contribution in [-0.4, -0.2) is 19.7 Å². The van der Waals surface area contributed by atoms with Crippen molar-refractivity contribution in [2.75, 3.05) is 0 Å². The fourth-order valence-corrected chi connectivity index (χ4v) is 5.81. The summed E-state index contributed by atoms with van der Waals surface area (Å²) in [6, 6.07) is 0. The molecule has 0 spiro atoms. The van der Waals surface area contributed by atoms with Gasteiger partial charge < -0.3 is 4.52 Å². The summed E-state index contributed by atoms with van der Waals surface area (Å²) in [6.45, 7) is 8.94. The van der Waals surface area contributed by atoms with Gasteiger partial charge in [-0.1, -0.05) is 37.7 Å². The van der Waals surface area contributed by atoms with Gasteiger partial charge in [0.15, 0.2) is 11.0 Å². The third kappa shape index (κ3) is 3.45. The van der Waals surface area contributed by atoms with Gasteiger partial charge in [0.05, 0.1) is 11.1 Å². The van der Waals surface area contributed by atoms with Crippen LogP contribution in [0.1, 0.15) is 62.2 Å². The van der Waals surface area contributed by atoms with Gasteiger partial charge in [0.2, 0.25) is 5.89 Å². The summed E-state index contributed by atoms with van der Waals surface area (Å²) in [5.74, 6) is 2.71. The van der Waals surface area contributed by atoms with E-state index in [1.54, 1.807) is 15.9 Å². The summed E-state index contributed by atoms with van der Waals surface area (Å²) in [5.41, 5.74) is 1.33. The number of nitrogens with zero attached hydrogens (tertiary/aromatic N) is 4. The fourth-order valence-electron chi connectivity index (χ4n) is 3.48. The van der Waals surface area contributed by atoms with E-state index in [4.69, 9.17) is 9.51 Å². The Morgan fingerprint density at radius 2 is 2.19 bits per heavy atom. The quantitative estimate of drug-likeness (QED) is 0.463. The number of rotatable bonds is 5. The van der Waals surface area contributed by atoms with Crippen molar-refractivity contribution in [3.05, 3.63) is 32.5 Å². The lowest BCUT2D eigenvalue weighted by molar-refractivity contribution is 0.382. The SMILES string of the molecule is CCn1c(SCc2nc(C(C)C)no2)nc2sc3c(c2c1=O)CCC(C)C3. The molecule has 0 fully saturated rings. The highest BCUT2D eigenvalue weighted by Gasteiger charge is 2.24. The molecule has 1 aliphatic rings. The lowest BCUT2D eigenvalue weighted by atomic mass is 9.89. The summed E-state index contributed by atoms with van der Waals surface area (Å²) >= 11 is 3.18. The van der Waals surface area contributed by atoms with Gasteiger partial charge in [-0.25, -0.2) is 4.98 Å². The summed E-state index contributed by atoms with van der Waals surface area (Å²) in [6.07, 6.45) is 3.20. The molecule has 0 saturated heterocycles. The van der Waals surface area contributed by atoms with Crippen molar-refractivity contribution < 1.29 is 4.52 Å². The van der Waals surface area contributed by atoms with Crippen molar-refractivity contribution in [3.8, 4) is 0 Å². The molecule has 144 valence electrons. The van der Waals surface area contributed by atoms with Gasteiger partial charge >= 0.3 is 0 Å². The molecule has 0 N–H and O–H groups in total. The van der Waals surface area contributed by atoms with Gasteiger partial charge in [0.1, 0.15) is 4.83 Å². The highest BCUT2D eigenvalue weighted by atomic mass is 32.2. The van der Waals surface area contributed by atoms with Gasteiger partial charge in [-0.2, -0.15) is 4.98 Å². The third-order valence-electron chi connectivity index (χ3n) is 5.02. The van der Waals surface area contributed by atoms with Gasteiger partial charge in [0, 0.05) is 17.3 Å². The van der Waals surface area contributed by atoms with Crippen LogP contribution in [0.3, 0.4) is 0 Å². The summed E-state index contributed by atoms with van der Waals surface area (Å²) in [7, 11) is 0. The van der Waals surface area contributed by atoms with E-state index in [-0.39, 0.29) is 11.5 Å². The van der Waals surface area contributed by atoms with Gasteiger partial charge in [-0.15, -0.1) is 11.3 Å². The number of hydrogen-bond acceptors (Lipinski definition) is 7. The number of fused-ring (bicyclic) bond motifs is 3. The Hall–Kier alpha value is -1.67. The van der Waals surface area contributed by atoms with Crippen molar-refractivity contribution in [2.24, 2.45) is 5.92 Å². The van der Waals surface area contributed by atoms with E-state index in [0.717, 1.165) is 34.6 Å². The Kier molecular flexibility index (Phi) is 5.11. The van der Waals surface area contributed by atoms with E-state index in [2.05, 4.69) is 17.1 Å². The second-order valence-electron chi connectivity index (χ2n) is 7.47. The monoisotopic (exact) mass is 404 g/mol. The Labute approximate surface area is 166 Å². The molecule has 0 saturated carbocycles. The average Bonchev–Trinajstić information content (AvgIpc) is 3.24. The molecule has 3 heterocycles. The first-order valence-electron chi connectivity index (χ1n) is 9.48. The van der Waals surface area contributed by atoms with Crippen LogP contribution in [0, 0.1) is 5.92 Å². The van der Waals surface area contributed by atoms with E-state index in [9.17, 15) is 4.79 Å². The minimum absolute atomic E-state index is 0.0884. The van der Waals surface area contributed by atoms with E-state index in [1.165, 1.54) is 22.2 Å². The second kappa shape index (κ2) is 7.39. The van der Waals surface area contributed by atoms with Crippen LogP contribution >= 0.6 is 23.1 Å². The third-order valence-corrected chi connectivity index (χ3v) is 7.13. The minimum Gasteiger partial charge on any atom is -0.338 e. The molecule has 1 aliphatic carbocycles. The molecule has 0 bridgehead atoms. The summed E-state index contributed by atoms with van der Waals surface area (Å²) in [5, 5.41) is 5.57. The maximum absolute atomic E-state index is 13.2. The Morgan fingerprint density at radius 1 is 1.37 bits per heavy atom. The number of thioether (sulfide) groups is 1. The summed E-state index contributed by atoms with van der Waals surface area (Å²) in [4.78, 5) is 24.6. The molecule has 8 heteroatoms. The Balaban J connectivity index is 1.69. The zero-order valence-corrected chi connectivity index (χ0v) is 17.7. The van der Waals surface area contributed by atoms with Crippen LogP contribution in [-0.2, 0) is 25.1 Å². The molecular weight excluding hydrogens is 380 g/mol. The van der Waals surface area contributed by atoms with Crippen LogP contribution in [0.25, 0.3) is 10.2 Å². The molecule has 1 atom stereocenters. The number of aromatic nitrogens is 4. The predicted molar refractivity (Wildman–Crippen MR) is 109 cm³/mol. The molecule has 1 unspecified atom stereocenters. The van der Waals surface area contributed by atoms with Crippen LogP contribution < -0.4 is 5.56 Å². The van der Waals surface area contributed by atoms with E-state index in [1.807, 2.05) is 20.8 Å². The standard InChI is InChI=1S/C19H24N4O2S2/c1-5-23-18(24)15-12-7-6-11(4)8-13(12)27-17(15)21-19(23)26-9-14-20-16(10(2)3)22-25-14/h10-11H,5-9H2,1-4H3. The molecule has 0 amide bonds. The van der Waals surface area contributed by atoms with Gasteiger partial charge in [-0.05, 0) is 37.7 Å². The molecule has 6 nitrogen and oxygen atoms in total. The molecule has 0 radical (unpaired) electrons. The number of aryl methyl sites for hydroxylation is 1. The fraction of sp³-hybridized carbons (Fsp3) is 0.579. The highest BCUT2D eigenvalue weighted by molar-refractivity contribution is 7.98. The first-order chi connectivity index (χ1) is 13.0. The van der Waals surface area contributed by atoms with Crippen molar-refractivity contribution in [1.82, 2.24) is 19.7 Å². The molecule has 4 rings (SSSR count). The molecule has 0 aliphatic heterocycles. The van der Waals surface area contributed by atoms with Crippen LogP contribution in [0.2, 0.25) is 0 Å². The maximum Gasteiger partial charge on any atom is 0.263 e. The lowest BCUT2D eigenvalue weighted by Gasteiger charge is -2.17. The smallest absolute Gasteiger partial charge is 0.263 e. The Morgan fingerprint density at radius 3 is 2.89 bits per heavy atom. The van der Waals surface area contributed by atoms with E-state index >= 15 is 0 Å². The zero-order chi connectivity index (χ0) is 19.1.